The van der Waals surface area contributed by atoms with Gasteiger partial charge in [-0.25, -0.2) is 4.98 Å². The van der Waals surface area contributed by atoms with E-state index in [9.17, 15) is 0 Å². The highest BCUT2D eigenvalue weighted by molar-refractivity contribution is 6.62. The molecule has 1 unspecified atom stereocenters. The Morgan fingerprint density at radius 3 is 2.40 bits per heavy atom. The molecule has 3 rings (SSSR count). The van der Waals surface area contributed by atoms with Crippen molar-refractivity contribution in [3.05, 3.63) is 42.4 Å². The first-order valence-corrected chi connectivity index (χ1v) is 8.38. The average molecular weight is 341 g/mol. The smallest absolute Gasteiger partial charge is 0.481 e. The predicted molar refractivity (Wildman–Crippen MR) is 97.6 cm³/mol. The summed E-state index contributed by atoms with van der Waals surface area (Å²) in [5.41, 5.74) is 6.75. The van der Waals surface area contributed by atoms with Crippen molar-refractivity contribution >= 4 is 18.4 Å². The second kappa shape index (κ2) is 6.31. The first kappa shape index (κ1) is 17.7. The van der Waals surface area contributed by atoms with Crippen molar-refractivity contribution in [2.45, 2.75) is 51.9 Å². The number of hydrogen-bond donors (Lipinski definition) is 1. The van der Waals surface area contributed by atoms with Gasteiger partial charge in [-0.15, -0.1) is 0 Å². The van der Waals surface area contributed by atoms with E-state index < -0.39 is 18.3 Å². The molecule has 2 aromatic heterocycles. The summed E-state index contributed by atoms with van der Waals surface area (Å²) in [6.45, 7) is 9.97. The molecule has 0 spiro atoms. The Kier molecular flexibility index (Phi) is 4.47. The molecule has 132 valence electrons. The molecule has 1 atom stereocenters. The van der Waals surface area contributed by atoms with Crippen LogP contribution in [-0.2, 0) is 9.31 Å². The Bertz CT molecular complexity index is 736. The summed E-state index contributed by atoms with van der Waals surface area (Å²) >= 11 is 0. The third-order valence-electron chi connectivity index (χ3n) is 4.84. The van der Waals surface area contributed by atoms with Gasteiger partial charge in [-0.1, -0.05) is 6.07 Å². The summed E-state index contributed by atoms with van der Waals surface area (Å²) < 4.78 is 18.1. The van der Waals surface area contributed by atoms with E-state index in [4.69, 9.17) is 19.8 Å². The minimum Gasteiger partial charge on any atom is -0.481 e. The third-order valence-corrected chi connectivity index (χ3v) is 4.84. The van der Waals surface area contributed by atoms with Crippen LogP contribution in [0.5, 0.6) is 5.75 Å². The number of nitrogens with two attached hydrogens (primary N) is 1. The van der Waals surface area contributed by atoms with Gasteiger partial charge < -0.3 is 19.8 Å². The molecule has 1 saturated heterocycles. The van der Waals surface area contributed by atoms with Crippen molar-refractivity contribution in [1.29, 1.82) is 0 Å². The van der Waals surface area contributed by atoms with Gasteiger partial charge in [0.25, 0.3) is 0 Å². The Balaban J connectivity index is 1.82. The normalized spacial score (nSPS) is 19.6. The molecule has 0 amide bonds. The molecule has 0 aliphatic carbocycles. The minimum atomic E-state index is -0.509. The molecule has 0 aromatic carbocycles. The first-order chi connectivity index (χ1) is 11.7. The number of pyridine rings is 2. The van der Waals surface area contributed by atoms with E-state index in [2.05, 4.69) is 9.97 Å². The van der Waals surface area contributed by atoms with Crippen LogP contribution in [0.15, 0.2) is 36.7 Å². The highest BCUT2D eigenvalue weighted by Gasteiger charge is 2.52. The second-order valence-corrected chi connectivity index (χ2v) is 7.25. The van der Waals surface area contributed by atoms with Crippen LogP contribution in [0.3, 0.4) is 0 Å². The summed E-state index contributed by atoms with van der Waals surface area (Å²) in [6.07, 6.45) is 3.15. The number of ether oxygens (including phenoxy) is 1. The van der Waals surface area contributed by atoms with Crippen molar-refractivity contribution in [3.63, 3.8) is 0 Å². The van der Waals surface area contributed by atoms with E-state index >= 15 is 0 Å². The first-order valence-electron chi connectivity index (χ1n) is 8.38. The average Bonchev–Trinajstić information content (AvgIpc) is 2.78. The van der Waals surface area contributed by atoms with Crippen LogP contribution in [0.4, 0.5) is 5.82 Å². The highest BCUT2D eigenvalue weighted by Crippen LogP contribution is 2.36. The zero-order valence-corrected chi connectivity index (χ0v) is 15.3. The van der Waals surface area contributed by atoms with Crippen molar-refractivity contribution in [2.24, 2.45) is 0 Å². The number of aromatic nitrogens is 2. The van der Waals surface area contributed by atoms with Crippen LogP contribution in [0, 0.1) is 0 Å². The Labute approximate surface area is 148 Å². The summed E-state index contributed by atoms with van der Waals surface area (Å²) in [7, 11) is -0.509. The molecule has 2 aromatic rings. The molecule has 0 saturated carbocycles. The number of anilines is 1. The van der Waals surface area contributed by atoms with Gasteiger partial charge in [0, 0.05) is 17.9 Å². The zero-order chi connectivity index (χ0) is 18.2. The molecule has 3 heterocycles. The van der Waals surface area contributed by atoms with E-state index in [0.29, 0.717) is 11.6 Å². The number of hydrogen-bond acceptors (Lipinski definition) is 6. The van der Waals surface area contributed by atoms with Gasteiger partial charge in [-0.3, -0.25) is 4.98 Å². The Hall–Kier alpha value is -2.12. The second-order valence-electron chi connectivity index (χ2n) is 7.25. The van der Waals surface area contributed by atoms with Crippen LogP contribution in [0.1, 0.15) is 46.4 Å². The summed E-state index contributed by atoms with van der Waals surface area (Å²) in [4.78, 5) is 8.55. The molecule has 2 N–H and O–H groups in total. The Morgan fingerprint density at radius 1 is 1.12 bits per heavy atom. The maximum atomic E-state index is 6.06. The van der Waals surface area contributed by atoms with E-state index in [-0.39, 0.29) is 6.10 Å². The summed E-state index contributed by atoms with van der Waals surface area (Å²) in [5, 5.41) is 0. The number of nitrogens with zero attached hydrogens (tertiary/aromatic N) is 2. The lowest BCUT2D eigenvalue weighted by Crippen LogP contribution is -2.41. The third kappa shape index (κ3) is 3.48. The minimum absolute atomic E-state index is 0.251. The van der Waals surface area contributed by atoms with E-state index in [1.54, 1.807) is 12.4 Å². The molecule has 1 fully saturated rings. The molecule has 25 heavy (non-hydrogen) atoms. The van der Waals surface area contributed by atoms with Crippen LogP contribution < -0.4 is 15.9 Å². The Morgan fingerprint density at radius 2 is 1.80 bits per heavy atom. The molecule has 1 aliphatic heterocycles. The molecule has 1 aliphatic rings. The van der Waals surface area contributed by atoms with Gasteiger partial charge >= 0.3 is 7.12 Å². The van der Waals surface area contributed by atoms with Crippen LogP contribution in [-0.4, -0.2) is 28.3 Å². The van der Waals surface area contributed by atoms with Gasteiger partial charge in [-0.05, 0) is 52.8 Å². The quantitative estimate of drug-likeness (QED) is 0.861. The maximum Gasteiger partial charge on any atom is 0.496 e. The molecule has 7 heteroatoms. The maximum absolute atomic E-state index is 6.06. The van der Waals surface area contributed by atoms with Gasteiger partial charge in [0.2, 0.25) is 0 Å². The fourth-order valence-electron chi connectivity index (χ4n) is 2.54. The van der Waals surface area contributed by atoms with Crippen molar-refractivity contribution in [2.75, 3.05) is 5.73 Å². The van der Waals surface area contributed by atoms with Gasteiger partial charge in [-0.2, -0.15) is 0 Å². The van der Waals surface area contributed by atoms with Gasteiger partial charge in [0.05, 0.1) is 16.9 Å². The van der Waals surface area contributed by atoms with Gasteiger partial charge in [0.15, 0.2) is 11.6 Å². The highest BCUT2D eigenvalue weighted by atomic mass is 16.7. The lowest BCUT2D eigenvalue weighted by Gasteiger charge is -2.32. The lowest BCUT2D eigenvalue weighted by atomic mass is 9.80. The van der Waals surface area contributed by atoms with Crippen molar-refractivity contribution in [1.82, 2.24) is 9.97 Å². The van der Waals surface area contributed by atoms with Crippen molar-refractivity contribution < 1.29 is 14.0 Å². The van der Waals surface area contributed by atoms with E-state index in [1.165, 1.54) is 0 Å². The molecular weight excluding hydrogens is 317 g/mol. The topological polar surface area (TPSA) is 79.5 Å². The van der Waals surface area contributed by atoms with Gasteiger partial charge in [0.1, 0.15) is 6.10 Å². The van der Waals surface area contributed by atoms with Crippen LogP contribution in [0.25, 0.3) is 0 Å². The molecule has 6 nitrogen and oxygen atoms in total. The molecular formula is C18H24BN3O3. The fourth-order valence-corrected chi connectivity index (χ4v) is 2.54. The summed E-state index contributed by atoms with van der Waals surface area (Å²) in [5.74, 6) is 0.813. The standard InChI is InChI=1S/C18H24BN3O3/c1-12(14-8-6-7-9-21-14)23-15-10-13(11-22-16(15)20)19-24-17(2,3)18(4,5)25-19/h6-12H,1-5H3,(H2,20,22). The molecule has 0 bridgehead atoms. The van der Waals surface area contributed by atoms with Crippen LogP contribution >= 0.6 is 0 Å². The van der Waals surface area contributed by atoms with E-state index in [0.717, 1.165) is 11.2 Å². The zero-order valence-electron chi connectivity index (χ0n) is 15.3. The fraction of sp³-hybridized carbons (Fsp3) is 0.444. The van der Waals surface area contributed by atoms with E-state index in [1.807, 2.05) is 58.9 Å². The summed E-state index contributed by atoms with van der Waals surface area (Å²) in [6, 6.07) is 7.52. The number of nitrogen functional groups attached to an aromatic ring is 1. The molecule has 0 radical (unpaired) electrons. The largest absolute Gasteiger partial charge is 0.496 e. The monoisotopic (exact) mass is 341 g/mol. The van der Waals surface area contributed by atoms with Crippen LogP contribution in [0.2, 0.25) is 0 Å². The number of rotatable bonds is 4. The lowest BCUT2D eigenvalue weighted by molar-refractivity contribution is 0.00578. The SMILES string of the molecule is CC(Oc1cc(B2OC(C)(C)C(C)(C)O2)cnc1N)c1ccccn1. The predicted octanol–water partition coefficient (Wildman–Crippen LogP) is 2.50. The van der Waals surface area contributed by atoms with Crippen molar-refractivity contribution in [3.8, 4) is 5.75 Å².